The van der Waals surface area contributed by atoms with Gasteiger partial charge in [0, 0.05) is 11.7 Å². The molecule has 0 aromatic heterocycles. The number of benzene rings is 1. The van der Waals surface area contributed by atoms with Crippen molar-refractivity contribution in [3.05, 3.63) is 29.8 Å². The molecule has 3 heteroatoms. The minimum Gasteiger partial charge on any atom is -0.359 e. The molecule has 0 aliphatic heterocycles. The fourth-order valence-corrected chi connectivity index (χ4v) is 6.24. The first-order chi connectivity index (χ1) is 11.0. The van der Waals surface area contributed by atoms with Crippen LogP contribution in [-0.2, 0) is 0 Å². The second-order valence-electron chi connectivity index (χ2n) is 8.47. The maximum Gasteiger partial charge on any atom is 0.171 e. The molecule has 2 N–H and O–H groups in total. The minimum atomic E-state index is 0.473. The van der Waals surface area contributed by atoms with E-state index in [2.05, 4.69) is 48.7 Å². The van der Waals surface area contributed by atoms with E-state index in [4.69, 9.17) is 12.2 Å². The molecule has 0 spiro atoms. The quantitative estimate of drug-likeness (QED) is 0.773. The van der Waals surface area contributed by atoms with Gasteiger partial charge in [0.1, 0.15) is 0 Å². The molecule has 5 rings (SSSR count). The number of thiocarbonyl (C=S) groups is 1. The Morgan fingerprint density at radius 3 is 2.30 bits per heavy atom. The Bertz CT molecular complexity index is 574. The summed E-state index contributed by atoms with van der Waals surface area (Å²) in [4.78, 5) is 0. The molecule has 4 saturated carbocycles. The van der Waals surface area contributed by atoms with Crippen LogP contribution in [0.4, 0.5) is 5.69 Å². The monoisotopic (exact) mass is 328 g/mol. The Labute approximate surface area is 145 Å². The summed E-state index contributed by atoms with van der Waals surface area (Å²) in [5.41, 5.74) is 2.83. The van der Waals surface area contributed by atoms with Crippen molar-refractivity contribution in [1.29, 1.82) is 0 Å². The second-order valence-corrected chi connectivity index (χ2v) is 8.88. The van der Waals surface area contributed by atoms with Crippen LogP contribution in [0.25, 0.3) is 0 Å². The van der Waals surface area contributed by atoms with Crippen LogP contribution in [-0.4, -0.2) is 11.2 Å². The minimum absolute atomic E-state index is 0.473. The lowest BCUT2D eigenvalue weighted by molar-refractivity contribution is -0.0671. The zero-order valence-electron chi connectivity index (χ0n) is 14.3. The average Bonchev–Trinajstić information content (AvgIpc) is 2.45. The molecule has 124 valence electrons. The summed E-state index contributed by atoms with van der Waals surface area (Å²) in [5.74, 6) is 2.97. The molecule has 1 aromatic carbocycles. The number of aryl methyl sites for hydroxylation is 1. The summed E-state index contributed by atoms with van der Waals surface area (Å²) in [6, 6.07) is 8.88. The molecule has 0 unspecified atom stereocenters. The normalized spacial score (nSPS) is 35.8. The molecule has 1 atom stereocenters. The number of hydrogen-bond acceptors (Lipinski definition) is 1. The molecule has 1 aromatic rings. The maximum atomic E-state index is 5.59. The standard InChI is InChI=1S/C20H28N2S/c1-13-4-3-5-18(6-13)22-19(23)21-14(2)20-10-15-7-16(11-20)9-17(8-15)12-20/h3-6,14-17H,7-12H2,1-2H3,(H2,21,22,23)/t14-,15?,16?,17?,20?/m0/s1. The van der Waals surface area contributed by atoms with Crippen molar-refractivity contribution < 1.29 is 0 Å². The molecule has 4 aliphatic carbocycles. The lowest BCUT2D eigenvalue weighted by Gasteiger charge is -2.59. The van der Waals surface area contributed by atoms with Crippen molar-refractivity contribution in [2.45, 2.75) is 58.4 Å². The van der Waals surface area contributed by atoms with E-state index >= 15 is 0 Å². The number of hydrogen-bond donors (Lipinski definition) is 2. The molecule has 4 bridgehead atoms. The predicted molar refractivity (Wildman–Crippen MR) is 101 cm³/mol. The second kappa shape index (κ2) is 5.77. The Hall–Kier alpha value is -1.09. The van der Waals surface area contributed by atoms with Gasteiger partial charge in [-0.25, -0.2) is 0 Å². The van der Waals surface area contributed by atoms with Crippen molar-refractivity contribution in [3.63, 3.8) is 0 Å². The Morgan fingerprint density at radius 2 is 1.74 bits per heavy atom. The van der Waals surface area contributed by atoms with Crippen molar-refractivity contribution >= 4 is 23.0 Å². The van der Waals surface area contributed by atoms with Gasteiger partial charge in [0.25, 0.3) is 0 Å². The van der Waals surface area contributed by atoms with E-state index in [-0.39, 0.29) is 0 Å². The zero-order valence-corrected chi connectivity index (χ0v) is 15.1. The summed E-state index contributed by atoms with van der Waals surface area (Å²) >= 11 is 5.59. The molecule has 4 fully saturated rings. The van der Waals surface area contributed by atoms with Gasteiger partial charge in [0.15, 0.2) is 5.11 Å². The molecule has 0 radical (unpaired) electrons. The van der Waals surface area contributed by atoms with Crippen LogP contribution >= 0.6 is 12.2 Å². The third-order valence-corrected chi connectivity index (χ3v) is 6.85. The highest BCUT2D eigenvalue weighted by Gasteiger charge is 2.53. The first-order valence-electron chi connectivity index (χ1n) is 9.17. The van der Waals surface area contributed by atoms with Crippen molar-refractivity contribution in [2.75, 3.05) is 5.32 Å². The topological polar surface area (TPSA) is 24.1 Å². The highest BCUT2D eigenvalue weighted by atomic mass is 32.1. The summed E-state index contributed by atoms with van der Waals surface area (Å²) in [6.07, 6.45) is 8.74. The van der Waals surface area contributed by atoms with Gasteiger partial charge in [0.05, 0.1) is 0 Å². The molecule has 0 saturated heterocycles. The van der Waals surface area contributed by atoms with Gasteiger partial charge in [0.2, 0.25) is 0 Å². The number of nitrogens with one attached hydrogen (secondary N) is 2. The molecular formula is C20H28N2S. The van der Waals surface area contributed by atoms with Crippen molar-refractivity contribution in [3.8, 4) is 0 Å². The number of rotatable bonds is 3. The maximum absolute atomic E-state index is 5.59. The summed E-state index contributed by atoms with van der Waals surface area (Å²) in [7, 11) is 0. The predicted octanol–water partition coefficient (Wildman–Crippen LogP) is 4.89. The first kappa shape index (κ1) is 15.4. The SMILES string of the molecule is Cc1cccc(NC(=S)N[C@@H](C)C23CC4CC(CC(C4)C2)C3)c1. The third kappa shape index (κ3) is 3.00. The molecule has 4 aliphatic rings. The van der Waals surface area contributed by atoms with Gasteiger partial charge in [-0.2, -0.15) is 0 Å². The first-order valence-corrected chi connectivity index (χ1v) is 9.57. The Kier molecular flexibility index (Phi) is 3.87. The van der Waals surface area contributed by atoms with Gasteiger partial charge < -0.3 is 10.6 Å². The van der Waals surface area contributed by atoms with E-state index < -0.39 is 0 Å². The van der Waals surface area contributed by atoms with E-state index in [1.807, 2.05) is 0 Å². The van der Waals surface area contributed by atoms with Gasteiger partial charge in [-0.15, -0.1) is 0 Å². The molecule has 23 heavy (non-hydrogen) atoms. The van der Waals surface area contributed by atoms with Gasteiger partial charge in [-0.1, -0.05) is 12.1 Å². The van der Waals surface area contributed by atoms with E-state index in [1.54, 1.807) is 0 Å². The lowest BCUT2D eigenvalue weighted by Crippen LogP contribution is -2.56. The molecular weight excluding hydrogens is 300 g/mol. The number of anilines is 1. The third-order valence-electron chi connectivity index (χ3n) is 6.63. The van der Waals surface area contributed by atoms with Gasteiger partial charge in [-0.05, 0) is 105 Å². The zero-order chi connectivity index (χ0) is 16.0. The van der Waals surface area contributed by atoms with Gasteiger partial charge in [-0.3, -0.25) is 0 Å². The van der Waals surface area contributed by atoms with Crippen LogP contribution in [0.2, 0.25) is 0 Å². The Balaban J connectivity index is 1.41. The highest BCUT2D eigenvalue weighted by Crippen LogP contribution is 2.61. The van der Waals surface area contributed by atoms with Crippen molar-refractivity contribution in [1.82, 2.24) is 5.32 Å². The van der Waals surface area contributed by atoms with Crippen LogP contribution in [0.5, 0.6) is 0 Å². The Morgan fingerprint density at radius 1 is 1.13 bits per heavy atom. The molecule has 0 heterocycles. The van der Waals surface area contributed by atoms with Crippen LogP contribution in [0.1, 0.15) is 51.0 Å². The van der Waals surface area contributed by atoms with E-state index in [0.717, 1.165) is 28.6 Å². The van der Waals surface area contributed by atoms with Crippen LogP contribution in [0.15, 0.2) is 24.3 Å². The van der Waals surface area contributed by atoms with E-state index in [9.17, 15) is 0 Å². The lowest BCUT2D eigenvalue weighted by atomic mass is 9.48. The fraction of sp³-hybridized carbons (Fsp3) is 0.650. The summed E-state index contributed by atoms with van der Waals surface area (Å²) < 4.78 is 0. The van der Waals surface area contributed by atoms with E-state index in [1.165, 1.54) is 44.1 Å². The smallest absolute Gasteiger partial charge is 0.171 e. The summed E-state index contributed by atoms with van der Waals surface area (Å²) in [5, 5.41) is 7.77. The fourth-order valence-electron chi connectivity index (χ4n) is 5.95. The molecule has 0 amide bonds. The largest absolute Gasteiger partial charge is 0.359 e. The van der Waals surface area contributed by atoms with Crippen LogP contribution in [0.3, 0.4) is 0 Å². The highest BCUT2D eigenvalue weighted by molar-refractivity contribution is 7.80. The van der Waals surface area contributed by atoms with Crippen molar-refractivity contribution in [2.24, 2.45) is 23.2 Å². The van der Waals surface area contributed by atoms with Crippen LogP contribution in [0, 0.1) is 30.1 Å². The average molecular weight is 329 g/mol. The van der Waals surface area contributed by atoms with Gasteiger partial charge >= 0.3 is 0 Å². The summed E-state index contributed by atoms with van der Waals surface area (Å²) in [6.45, 7) is 4.47. The van der Waals surface area contributed by atoms with E-state index in [0.29, 0.717) is 11.5 Å². The molecule has 2 nitrogen and oxygen atoms in total. The van der Waals surface area contributed by atoms with Crippen LogP contribution < -0.4 is 10.6 Å².